The Bertz CT molecular complexity index is 379. The maximum Gasteiger partial charge on any atom is 0.381 e. The lowest BCUT2D eigenvalue weighted by atomic mass is 10.1. The van der Waals surface area contributed by atoms with Crippen LogP contribution in [0.1, 0.15) is 13.3 Å². The van der Waals surface area contributed by atoms with Crippen LogP contribution in [0.2, 0.25) is 0 Å². The monoisotopic (exact) mass is 316 g/mol. The number of halogens is 8. The first-order valence-electron chi connectivity index (χ1n) is 4.82. The van der Waals surface area contributed by atoms with Gasteiger partial charge in [0, 0.05) is 0 Å². The average Bonchev–Trinajstić information content (AvgIpc) is 2.24. The Morgan fingerprint density at radius 2 is 1.50 bits per heavy atom. The average molecular weight is 316 g/mol. The molecule has 0 aromatic heterocycles. The molecule has 0 saturated heterocycles. The normalized spacial score (nSPS) is 13.5. The first kappa shape index (κ1) is 18.6. The zero-order valence-corrected chi connectivity index (χ0v) is 9.74. The largest absolute Gasteiger partial charge is 0.459 e. The molecule has 3 nitrogen and oxygen atoms in total. The molecule has 0 radical (unpaired) electrons. The van der Waals surface area contributed by atoms with E-state index in [1.54, 1.807) is 0 Å². The van der Waals surface area contributed by atoms with E-state index in [0.717, 1.165) is 6.92 Å². The molecule has 0 aliphatic rings. The minimum atomic E-state index is -6.44. The lowest BCUT2D eigenvalue weighted by Crippen LogP contribution is -2.59. The molecule has 20 heavy (non-hydrogen) atoms. The van der Waals surface area contributed by atoms with Gasteiger partial charge in [-0.25, -0.2) is 8.78 Å². The van der Waals surface area contributed by atoms with Crippen LogP contribution in [-0.2, 0) is 14.3 Å². The van der Waals surface area contributed by atoms with Gasteiger partial charge in [0.15, 0.2) is 6.61 Å². The number of hydrogen-bond donors (Lipinski definition) is 0. The van der Waals surface area contributed by atoms with E-state index in [1.165, 1.54) is 0 Å². The van der Waals surface area contributed by atoms with Crippen LogP contribution in [0, 0.1) is 0 Å². The lowest BCUT2D eigenvalue weighted by molar-refractivity contribution is -0.344. The van der Waals surface area contributed by atoms with Gasteiger partial charge in [0.2, 0.25) is 0 Å². The summed E-state index contributed by atoms with van der Waals surface area (Å²) in [6.45, 7) is -1.71. The molecule has 0 aromatic carbocycles. The molecule has 0 unspecified atom stereocenters. The highest BCUT2D eigenvalue weighted by atomic mass is 19.4. The minimum absolute atomic E-state index is 0.846. The van der Waals surface area contributed by atoms with Crippen LogP contribution in [0.15, 0.2) is 0 Å². The number of carbonyl (C=O) groups is 2. The van der Waals surface area contributed by atoms with Crippen molar-refractivity contribution in [2.75, 3.05) is 6.61 Å². The second kappa shape index (κ2) is 5.92. The number of rotatable bonds is 7. The second-order valence-electron chi connectivity index (χ2n) is 3.74. The SMILES string of the molecule is CC(=O)CC(=O)OCC(F)(F)C(F)(F)C(F)(F)C(F)F. The van der Waals surface area contributed by atoms with Gasteiger partial charge in [-0.15, -0.1) is 0 Å². The summed E-state index contributed by atoms with van der Waals surface area (Å²) in [7, 11) is 0. The summed E-state index contributed by atoms with van der Waals surface area (Å²) in [5.74, 6) is -21.0. The van der Waals surface area contributed by atoms with E-state index in [1.807, 2.05) is 0 Å². The van der Waals surface area contributed by atoms with E-state index < -0.39 is 49.0 Å². The Labute approximate surface area is 106 Å². The van der Waals surface area contributed by atoms with Crippen LogP contribution in [0.25, 0.3) is 0 Å². The number of hydrogen-bond acceptors (Lipinski definition) is 3. The Morgan fingerprint density at radius 3 is 1.85 bits per heavy atom. The number of ether oxygens (including phenoxy) is 1. The third kappa shape index (κ3) is 3.79. The van der Waals surface area contributed by atoms with Crippen LogP contribution in [0.5, 0.6) is 0 Å². The van der Waals surface area contributed by atoms with Gasteiger partial charge in [0.1, 0.15) is 12.2 Å². The van der Waals surface area contributed by atoms with E-state index in [2.05, 4.69) is 4.74 Å². The van der Waals surface area contributed by atoms with Crippen LogP contribution in [0.4, 0.5) is 35.1 Å². The lowest BCUT2D eigenvalue weighted by Gasteiger charge is -2.31. The van der Waals surface area contributed by atoms with E-state index >= 15 is 0 Å². The summed E-state index contributed by atoms with van der Waals surface area (Å²) in [5.41, 5.74) is 0. The van der Waals surface area contributed by atoms with Gasteiger partial charge in [-0.05, 0) is 6.92 Å². The Kier molecular flexibility index (Phi) is 5.50. The Balaban J connectivity index is 4.95. The van der Waals surface area contributed by atoms with Gasteiger partial charge in [0.25, 0.3) is 0 Å². The number of ketones is 1. The molecule has 0 aliphatic carbocycles. The molecule has 0 spiro atoms. The van der Waals surface area contributed by atoms with Crippen molar-refractivity contribution in [3.05, 3.63) is 0 Å². The van der Waals surface area contributed by atoms with E-state index in [9.17, 15) is 44.7 Å². The third-order valence-corrected chi connectivity index (χ3v) is 1.96. The maximum atomic E-state index is 12.8. The van der Waals surface area contributed by atoms with E-state index in [4.69, 9.17) is 0 Å². The molecule has 0 fully saturated rings. The van der Waals surface area contributed by atoms with Gasteiger partial charge >= 0.3 is 30.2 Å². The molecule has 0 bridgehead atoms. The standard InChI is InChI=1S/C9H8F8O3/c1-4(18)2-5(19)20-3-7(12,13)9(16,17)8(14,15)6(10)11/h6H,2-3H2,1H3. The van der Waals surface area contributed by atoms with Crippen molar-refractivity contribution in [1.82, 2.24) is 0 Å². The van der Waals surface area contributed by atoms with Crippen LogP contribution in [0.3, 0.4) is 0 Å². The van der Waals surface area contributed by atoms with Gasteiger partial charge in [0.05, 0.1) is 0 Å². The highest BCUT2D eigenvalue weighted by Gasteiger charge is 2.75. The van der Waals surface area contributed by atoms with Crippen molar-refractivity contribution in [3.8, 4) is 0 Å². The number of alkyl halides is 8. The molecular formula is C9H8F8O3. The Morgan fingerprint density at radius 1 is 1.05 bits per heavy atom. The van der Waals surface area contributed by atoms with Crippen molar-refractivity contribution in [1.29, 1.82) is 0 Å². The van der Waals surface area contributed by atoms with Gasteiger partial charge in [-0.1, -0.05) is 0 Å². The molecule has 0 amide bonds. The molecule has 0 aromatic rings. The van der Waals surface area contributed by atoms with Crippen LogP contribution >= 0.6 is 0 Å². The van der Waals surface area contributed by atoms with Gasteiger partial charge in [-0.3, -0.25) is 9.59 Å². The molecule has 0 saturated carbocycles. The summed E-state index contributed by atoms with van der Waals surface area (Å²) in [5, 5.41) is 0. The smallest absolute Gasteiger partial charge is 0.381 e. The summed E-state index contributed by atoms with van der Waals surface area (Å²) in [4.78, 5) is 21.0. The fraction of sp³-hybridized carbons (Fsp3) is 0.778. The quantitative estimate of drug-likeness (QED) is 0.412. The topological polar surface area (TPSA) is 43.4 Å². The number of Topliss-reactive ketones (excluding diaryl/α,β-unsaturated/α-hetero) is 1. The summed E-state index contributed by atoms with van der Waals surface area (Å²) in [6, 6.07) is 0. The molecule has 0 heterocycles. The van der Waals surface area contributed by atoms with Crippen molar-refractivity contribution in [2.45, 2.75) is 37.5 Å². The first-order chi connectivity index (χ1) is 8.75. The minimum Gasteiger partial charge on any atom is -0.459 e. The molecule has 0 rings (SSSR count). The van der Waals surface area contributed by atoms with E-state index in [-0.39, 0.29) is 0 Å². The summed E-state index contributed by atoms with van der Waals surface area (Å²) >= 11 is 0. The molecule has 0 atom stereocenters. The zero-order valence-electron chi connectivity index (χ0n) is 9.74. The summed E-state index contributed by atoms with van der Waals surface area (Å²) in [6.07, 6.45) is -6.09. The Hall–Kier alpha value is -1.42. The maximum absolute atomic E-state index is 12.8. The molecular weight excluding hydrogens is 308 g/mol. The highest BCUT2D eigenvalue weighted by molar-refractivity contribution is 5.94. The van der Waals surface area contributed by atoms with Gasteiger partial charge < -0.3 is 4.74 Å². The van der Waals surface area contributed by atoms with Gasteiger partial charge in [-0.2, -0.15) is 26.3 Å². The number of esters is 1. The fourth-order valence-corrected chi connectivity index (χ4v) is 0.897. The predicted octanol–water partition coefficient (Wildman–Crippen LogP) is 2.68. The highest BCUT2D eigenvalue weighted by Crippen LogP contribution is 2.48. The third-order valence-electron chi connectivity index (χ3n) is 1.96. The van der Waals surface area contributed by atoms with Crippen molar-refractivity contribution < 1.29 is 49.4 Å². The zero-order chi connectivity index (χ0) is 16.4. The van der Waals surface area contributed by atoms with Crippen molar-refractivity contribution >= 4 is 11.8 Å². The molecule has 11 heteroatoms. The summed E-state index contributed by atoms with van der Waals surface area (Å²) < 4.78 is 103. The predicted molar refractivity (Wildman–Crippen MR) is 47.1 cm³/mol. The second-order valence-corrected chi connectivity index (χ2v) is 3.74. The van der Waals surface area contributed by atoms with Crippen LogP contribution < -0.4 is 0 Å². The molecule has 0 aliphatic heterocycles. The fourth-order valence-electron chi connectivity index (χ4n) is 0.897. The van der Waals surface area contributed by atoms with Crippen molar-refractivity contribution in [2.24, 2.45) is 0 Å². The van der Waals surface area contributed by atoms with E-state index in [0.29, 0.717) is 0 Å². The molecule has 118 valence electrons. The molecule has 0 N–H and O–H groups in total. The number of carbonyl (C=O) groups excluding carboxylic acids is 2. The van der Waals surface area contributed by atoms with Crippen LogP contribution in [-0.4, -0.2) is 42.6 Å². The van der Waals surface area contributed by atoms with Crippen molar-refractivity contribution in [3.63, 3.8) is 0 Å². The first-order valence-corrected chi connectivity index (χ1v) is 4.82.